The maximum atomic E-state index is 13.4. The van der Waals surface area contributed by atoms with Crippen molar-refractivity contribution in [2.24, 2.45) is 0 Å². The van der Waals surface area contributed by atoms with Crippen LogP contribution >= 0.6 is 34.2 Å². The summed E-state index contributed by atoms with van der Waals surface area (Å²) in [4.78, 5) is 9.33. The van der Waals surface area contributed by atoms with Crippen molar-refractivity contribution in [1.29, 1.82) is 0 Å². The second kappa shape index (κ2) is 5.66. The van der Waals surface area contributed by atoms with Crippen molar-refractivity contribution >= 4 is 49.7 Å². The van der Waals surface area contributed by atoms with E-state index in [2.05, 4.69) is 0 Å². The highest BCUT2D eigenvalue weighted by atomic mass is 127. The van der Waals surface area contributed by atoms with Gasteiger partial charge in [-0.2, -0.15) is 0 Å². The number of nitrogens with zero attached hydrogens (tertiary/aromatic N) is 1. The Labute approximate surface area is 122 Å². The normalized spacial score (nSPS) is 13.3. The number of hydrogen-bond acceptors (Lipinski definition) is 4. The van der Waals surface area contributed by atoms with E-state index in [1.165, 1.54) is 6.92 Å². The van der Waals surface area contributed by atoms with Gasteiger partial charge in [-0.1, -0.05) is 0 Å². The van der Waals surface area contributed by atoms with Crippen LogP contribution in [0, 0.1) is 19.5 Å². The lowest BCUT2D eigenvalue weighted by molar-refractivity contribution is -0.388. The van der Waals surface area contributed by atoms with Gasteiger partial charge in [0.2, 0.25) is 0 Å². The molecule has 0 saturated heterocycles. The van der Waals surface area contributed by atoms with Crippen LogP contribution in [0.1, 0.15) is 6.92 Å². The monoisotopic (exact) mass is 407 g/mol. The van der Waals surface area contributed by atoms with Gasteiger partial charge in [0.15, 0.2) is 9.84 Å². The standard InChI is InChI=1S/C9H8ClFINO4S/c1-5(4-10)18(16,17)9-2-6(11)7(12)3-8(9)13(14)15/h2-3,5H,4H2,1H3. The molecule has 0 fully saturated rings. The second-order valence-corrected chi connectivity index (χ2v) is 7.31. The maximum Gasteiger partial charge on any atom is 0.289 e. The maximum absolute atomic E-state index is 13.4. The lowest BCUT2D eigenvalue weighted by Gasteiger charge is -2.10. The third kappa shape index (κ3) is 2.91. The van der Waals surface area contributed by atoms with Crippen LogP contribution in [0.3, 0.4) is 0 Å². The summed E-state index contributed by atoms with van der Waals surface area (Å²) in [5.41, 5.74) is -0.641. The summed E-state index contributed by atoms with van der Waals surface area (Å²) in [6, 6.07) is 1.56. The average molecular weight is 408 g/mol. The van der Waals surface area contributed by atoms with Crippen LogP contribution in [0.4, 0.5) is 10.1 Å². The first kappa shape index (κ1) is 15.6. The molecular formula is C9H8ClFINO4S. The van der Waals surface area contributed by atoms with E-state index in [9.17, 15) is 22.9 Å². The van der Waals surface area contributed by atoms with E-state index in [0.29, 0.717) is 6.07 Å². The third-order valence-corrected chi connectivity index (χ3v) is 5.89. The van der Waals surface area contributed by atoms with Gasteiger partial charge in [-0.15, -0.1) is 11.6 Å². The summed E-state index contributed by atoms with van der Waals surface area (Å²) >= 11 is 7.00. The third-order valence-electron chi connectivity index (χ3n) is 2.25. The van der Waals surface area contributed by atoms with Crippen molar-refractivity contribution in [3.8, 4) is 0 Å². The van der Waals surface area contributed by atoms with Crippen LogP contribution in [0.25, 0.3) is 0 Å². The molecule has 1 aromatic rings. The fourth-order valence-electron chi connectivity index (χ4n) is 1.19. The SMILES string of the molecule is CC(CCl)S(=O)(=O)c1cc(F)c(I)cc1[N+](=O)[O-]. The molecular weight excluding hydrogens is 400 g/mol. The summed E-state index contributed by atoms with van der Waals surface area (Å²) in [5.74, 6) is -1.05. The summed E-state index contributed by atoms with van der Waals surface area (Å²) in [6.07, 6.45) is 0. The molecule has 0 bridgehead atoms. The molecule has 0 aliphatic carbocycles. The fourth-order valence-corrected chi connectivity index (χ4v) is 3.43. The Morgan fingerprint density at radius 3 is 2.56 bits per heavy atom. The molecule has 0 N–H and O–H groups in total. The zero-order chi connectivity index (χ0) is 14.1. The minimum Gasteiger partial charge on any atom is -0.258 e. The number of sulfone groups is 1. The minimum atomic E-state index is -4.02. The number of benzene rings is 1. The first-order valence-corrected chi connectivity index (χ1v) is 7.81. The molecule has 100 valence electrons. The first-order valence-electron chi connectivity index (χ1n) is 4.65. The molecule has 1 rings (SSSR count). The molecule has 0 aliphatic rings. The van der Waals surface area contributed by atoms with Crippen LogP contribution in [-0.2, 0) is 9.84 Å². The van der Waals surface area contributed by atoms with Crippen molar-refractivity contribution in [1.82, 2.24) is 0 Å². The topological polar surface area (TPSA) is 77.3 Å². The van der Waals surface area contributed by atoms with Gasteiger partial charge in [0.05, 0.1) is 13.7 Å². The quantitative estimate of drug-likeness (QED) is 0.333. The molecule has 0 amide bonds. The van der Waals surface area contributed by atoms with Gasteiger partial charge in [0.25, 0.3) is 5.69 Å². The minimum absolute atomic E-state index is 0.0169. The van der Waals surface area contributed by atoms with Gasteiger partial charge < -0.3 is 0 Å². The Morgan fingerprint density at radius 2 is 2.11 bits per heavy atom. The first-order chi connectivity index (χ1) is 8.21. The van der Waals surface area contributed by atoms with Crippen molar-refractivity contribution in [2.45, 2.75) is 17.1 Å². The van der Waals surface area contributed by atoms with Gasteiger partial charge in [0, 0.05) is 18.0 Å². The van der Waals surface area contributed by atoms with E-state index in [4.69, 9.17) is 11.6 Å². The molecule has 0 aliphatic heterocycles. The highest BCUT2D eigenvalue weighted by molar-refractivity contribution is 14.1. The van der Waals surface area contributed by atoms with Crippen LogP contribution < -0.4 is 0 Å². The van der Waals surface area contributed by atoms with Gasteiger partial charge >= 0.3 is 0 Å². The highest BCUT2D eigenvalue weighted by Crippen LogP contribution is 2.30. The molecule has 9 heteroatoms. The van der Waals surface area contributed by atoms with E-state index in [1.54, 1.807) is 22.6 Å². The zero-order valence-electron chi connectivity index (χ0n) is 9.06. The predicted octanol–water partition coefficient (Wildman–Crippen LogP) is 2.74. The van der Waals surface area contributed by atoms with Crippen LogP contribution in [0.5, 0.6) is 0 Å². The van der Waals surface area contributed by atoms with E-state index < -0.39 is 36.4 Å². The van der Waals surface area contributed by atoms with Crippen molar-refractivity contribution in [3.05, 3.63) is 31.6 Å². The Hall–Kier alpha value is -0.480. The Balaban J connectivity index is 3.59. The van der Waals surface area contributed by atoms with Crippen molar-refractivity contribution in [2.75, 3.05) is 5.88 Å². The van der Waals surface area contributed by atoms with Crippen LogP contribution in [0.15, 0.2) is 17.0 Å². The molecule has 18 heavy (non-hydrogen) atoms. The highest BCUT2D eigenvalue weighted by Gasteiger charge is 2.31. The molecule has 0 saturated carbocycles. The largest absolute Gasteiger partial charge is 0.289 e. The van der Waals surface area contributed by atoms with Gasteiger partial charge in [-0.3, -0.25) is 10.1 Å². The molecule has 0 radical (unpaired) electrons. The number of nitro benzene ring substituents is 1. The summed E-state index contributed by atoms with van der Waals surface area (Å²) in [5, 5.41) is 9.79. The molecule has 1 aromatic carbocycles. The zero-order valence-corrected chi connectivity index (χ0v) is 12.8. The number of rotatable bonds is 4. The van der Waals surface area contributed by atoms with Crippen LogP contribution in [-0.4, -0.2) is 24.5 Å². The molecule has 1 unspecified atom stereocenters. The number of hydrogen-bond donors (Lipinski definition) is 0. The van der Waals surface area contributed by atoms with Crippen molar-refractivity contribution < 1.29 is 17.7 Å². The van der Waals surface area contributed by atoms with Gasteiger partial charge in [-0.05, 0) is 29.5 Å². The van der Waals surface area contributed by atoms with E-state index >= 15 is 0 Å². The van der Waals surface area contributed by atoms with Crippen LogP contribution in [0.2, 0.25) is 0 Å². The van der Waals surface area contributed by atoms with Gasteiger partial charge in [0.1, 0.15) is 10.7 Å². The molecule has 0 aromatic heterocycles. The lowest BCUT2D eigenvalue weighted by Crippen LogP contribution is -2.21. The fraction of sp³-hybridized carbons (Fsp3) is 0.333. The van der Waals surface area contributed by atoms with E-state index in [-0.39, 0.29) is 9.45 Å². The Kier molecular flexibility index (Phi) is 4.90. The summed E-state index contributed by atoms with van der Waals surface area (Å²) in [7, 11) is -4.02. The smallest absolute Gasteiger partial charge is 0.258 e. The number of nitro groups is 1. The molecule has 0 spiro atoms. The summed E-state index contributed by atoms with van der Waals surface area (Å²) < 4.78 is 37.4. The molecule has 0 heterocycles. The second-order valence-electron chi connectivity index (χ2n) is 3.50. The number of alkyl halides is 1. The molecule has 5 nitrogen and oxygen atoms in total. The average Bonchev–Trinajstić information content (AvgIpc) is 2.30. The number of halogens is 3. The lowest BCUT2D eigenvalue weighted by atomic mass is 10.3. The summed E-state index contributed by atoms with van der Waals surface area (Å²) in [6.45, 7) is 1.31. The van der Waals surface area contributed by atoms with Gasteiger partial charge in [-0.25, -0.2) is 12.8 Å². The Morgan fingerprint density at radius 1 is 1.56 bits per heavy atom. The predicted molar refractivity (Wildman–Crippen MR) is 73.1 cm³/mol. The Bertz CT molecular complexity index is 592. The van der Waals surface area contributed by atoms with Crippen molar-refractivity contribution in [3.63, 3.8) is 0 Å². The van der Waals surface area contributed by atoms with E-state index in [0.717, 1.165) is 6.07 Å². The van der Waals surface area contributed by atoms with E-state index in [1.807, 2.05) is 0 Å². The molecule has 1 atom stereocenters.